The first-order valence-corrected chi connectivity index (χ1v) is 19.3. The zero-order chi connectivity index (χ0) is 42.7. The summed E-state index contributed by atoms with van der Waals surface area (Å²) in [5.74, 6) is 0.556. The molecule has 0 radical (unpaired) electrons. The fourth-order valence-electron chi connectivity index (χ4n) is 7.80. The van der Waals surface area contributed by atoms with Crippen LogP contribution in [-0.2, 0) is 0 Å². The normalized spacial score (nSPS) is 13.3. The van der Waals surface area contributed by atoms with Crippen LogP contribution < -0.4 is 0 Å². The van der Waals surface area contributed by atoms with E-state index in [2.05, 4.69) is 12.1 Å². The summed E-state index contributed by atoms with van der Waals surface area (Å²) in [6, 6.07) is 43.4. The Bertz CT molecular complexity index is 3880. The number of fused-ring (bicyclic) bond motifs is 9. The van der Waals surface area contributed by atoms with Crippen LogP contribution in [0.2, 0.25) is 0 Å². The van der Waals surface area contributed by atoms with Gasteiger partial charge >= 0.3 is 0 Å². The summed E-state index contributed by atoms with van der Waals surface area (Å²) < 4.78 is 70.5. The van der Waals surface area contributed by atoms with E-state index >= 15 is 0 Å². The minimum absolute atomic E-state index is 0.0123. The Hall–Kier alpha value is -7.41. The summed E-state index contributed by atoms with van der Waals surface area (Å²) in [4.78, 5) is 14.9. The van der Waals surface area contributed by atoms with E-state index in [9.17, 15) is 5.48 Å². The number of rotatable bonds is 5. The van der Waals surface area contributed by atoms with Gasteiger partial charge < -0.3 is 8.83 Å². The van der Waals surface area contributed by atoms with Crippen LogP contribution in [0.4, 0.5) is 0 Å². The van der Waals surface area contributed by atoms with E-state index in [-0.39, 0.29) is 75.4 Å². The summed E-state index contributed by atoms with van der Waals surface area (Å²) in [6.07, 6.45) is 0. The molecule has 0 saturated heterocycles. The maximum atomic E-state index is 9.69. The minimum atomic E-state index is -0.344. The van der Waals surface area contributed by atoms with E-state index in [0.717, 1.165) is 42.1 Å². The van der Waals surface area contributed by atoms with E-state index < -0.39 is 0 Å². The Balaban J connectivity index is 1.10. The zero-order valence-corrected chi connectivity index (χ0v) is 30.7. The average molecular weight is 754 g/mol. The van der Waals surface area contributed by atoms with E-state index in [0.29, 0.717) is 39.2 Å². The van der Waals surface area contributed by atoms with Crippen LogP contribution in [0.1, 0.15) is 8.22 Å². The second kappa shape index (κ2) is 12.6. The molecule has 8 aromatic carbocycles. The Labute approximate surface area is 338 Å². The van der Waals surface area contributed by atoms with Gasteiger partial charge in [0.2, 0.25) is 0 Å². The SMILES string of the molecule is [2H]c1c([2H])c(-c2ccc3c(c2)sc2ccccc23)c2c(oc3c([2H])c(-c4nc(-c5ccc(-c6ccccc6)cc5)nc(-c5cccc6oc7ccccc7c56)n4)c([2H])c([2H])c32)c1[2H]. The van der Waals surface area contributed by atoms with Crippen LogP contribution in [-0.4, -0.2) is 15.0 Å². The molecule has 5 nitrogen and oxygen atoms in total. The van der Waals surface area contributed by atoms with Gasteiger partial charge in [-0.25, -0.2) is 15.0 Å². The third-order valence-corrected chi connectivity index (χ3v) is 11.6. The Morgan fingerprint density at radius 1 is 0.404 bits per heavy atom. The van der Waals surface area contributed by atoms with Crippen molar-refractivity contribution in [3.8, 4) is 56.4 Å². The van der Waals surface area contributed by atoms with Gasteiger partial charge in [-0.15, -0.1) is 11.3 Å². The lowest BCUT2D eigenvalue weighted by molar-refractivity contribution is 0.668. The molecule has 0 aliphatic carbocycles. The summed E-state index contributed by atoms with van der Waals surface area (Å²) in [5.41, 5.74) is 5.46. The lowest BCUT2D eigenvalue weighted by Crippen LogP contribution is -2.00. The third-order valence-electron chi connectivity index (χ3n) is 10.5. The van der Waals surface area contributed by atoms with Crippen molar-refractivity contribution in [2.75, 3.05) is 0 Å². The van der Waals surface area contributed by atoms with E-state index in [1.165, 1.54) is 0 Å². The first-order chi connectivity index (χ1) is 30.7. The van der Waals surface area contributed by atoms with Gasteiger partial charge in [0.15, 0.2) is 17.5 Å². The number of benzene rings is 8. The molecule has 4 heterocycles. The molecule has 0 aliphatic rings. The molecule has 0 aliphatic heterocycles. The topological polar surface area (TPSA) is 65.0 Å². The van der Waals surface area contributed by atoms with Gasteiger partial charge in [-0.3, -0.25) is 0 Å². The van der Waals surface area contributed by atoms with Gasteiger partial charge in [-0.1, -0.05) is 133 Å². The molecule has 0 atom stereocenters. The van der Waals surface area contributed by atoms with Crippen molar-refractivity contribution in [3.05, 3.63) is 176 Å². The van der Waals surface area contributed by atoms with Crippen LogP contribution in [0.15, 0.2) is 185 Å². The van der Waals surface area contributed by atoms with Crippen LogP contribution in [0.3, 0.4) is 0 Å². The quantitative estimate of drug-likeness (QED) is 0.175. The van der Waals surface area contributed by atoms with Gasteiger partial charge in [0.1, 0.15) is 22.3 Å². The van der Waals surface area contributed by atoms with Crippen LogP contribution >= 0.6 is 11.3 Å². The first kappa shape index (κ1) is 26.4. The van der Waals surface area contributed by atoms with Crippen molar-refractivity contribution in [3.63, 3.8) is 0 Å². The highest BCUT2D eigenvalue weighted by Crippen LogP contribution is 2.42. The predicted molar refractivity (Wildman–Crippen MR) is 234 cm³/mol. The maximum Gasteiger partial charge on any atom is 0.164 e. The Kier molecular flexibility index (Phi) is 5.82. The maximum absolute atomic E-state index is 9.69. The van der Waals surface area contributed by atoms with Crippen LogP contribution in [0.25, 0.3) is 120 Å². The van der Waals surface area contributed by atoms with Crippen molar-refractivity contribution < 1.29 is 17.1 Å². The highest BCUT2D eigenvalue weighted by Gasteiger charge is 2.20. The van der Waals surface area contributed by atoms with Gasteiger partial charge in [0.25, 0.3) is 0 Å². The molecule has 57 heavy (non-hydrogen) atoms. The highest BCUT2D eigenvalue weighted by atomic mass is 32.1. The first-order valence-electron chi connectivity index (χ1n) is 21.4. The monoisotopic (exact) mass is 753 g/mol. The molecule has 266 valence electrons. The average Bonchev–Trinajstić information content (AvgIpc) is 4.02. The highest BCUT2D eigenvalue weighted by molar-refractivity contribution is 7.25. The summed E-state index contributed by atoms with van der Waals surface area (Å²) in [6.45, 7) is 0. The minimum Gasteiger partial charge on any atom is -0.456 e. The standard InChI is InChI=1S/C51H29N3O2S/c1-2-10-30(11-3-1)31-20-22-32(23-21-31)49-52-50(54-51(53-49)40-15-9-18-43-48(40)38-13-4-6-16-41(38)55-43)34-25-27-39-44(28-34)56-42-17-8-14-35(47(39)42)33-24-26-37-36-12-5-7-19-45(36)57-46(37)29-33/h1-29H/i8D,14D,17D,25D,27D,28D. The Morgan fingerprint density at radius 3 is 1.96 bits per heavy atom. The molecule has 0 spiro atoms. The predicted octanol–water partition coefficient (Wildman–Crippen LogP) is 14.4. The third kappa shape index (κ3) is 5.19. The second-order valence-corrected chi connectivity index (χ2v) is 14.9. The number of thiophene rings is 1. The van der Waals surface area contributed by atoms with Crippen LogP contribution in [0.5, 0.6) is 0 Å². The number of furan rings is 2. The van der Waals surface area contributed by atoms with Crippen molar-refractivity contribution in [1.82, 2.24) is 15.0 Å². The molecule has 0 fully saturated rings. The number of nitrogens with zero attached hydrogens (tertiary/aromatic N) is 3. The zero-order valence-electron chi connectivity index (χ0n) is 35.8. The molecule has 0 saturated carbocycles. The molecule has 0 amide bonds. The molecule has 0 unspecified atom stereocenters. The molecular weight excluding hydrogens is 719 g/mol. The van der Waals surface area contributed by atoms with Gasteiger partial charge in [0.05, 0.1) is 8.22 Å². The lowest BCUT2D eigenvalue weighted by Gasteiger charge is -2.10. The molecule has 0 bridgehead atoms. The largest absolute Gasteiger partial charge is 0.456 e. The van der Waals surface area contributed by atoms with Gasteiger partial charge in [-0.05, 0) is 64.6 Å². The summed E-state index contributed by atoms with van der Waals surface area (Å²) in [5, 5.41) is 4.18. The van der Waals surface area contributed by atoms with Gasteiger partial charge in [0, 0.05) is 58.4 Å². The van der Waals surface area contributed by atoms with Gasteiger partial charge in [-0.2, -0.15) is 0 Å². The second-order valence-electron chi connectivity index (χ2n) is 13.8. The fourth-order valence-corrected chi connectivity index (χ4v) is 8.94. The molecule has 4 aromatic heterocycles. The Morgan fingerprint density at radius 2 is 1.07 bits per heavy atom. The molecular formula is C51H29N3O2S. The van der Waals surface area contributed by atoms with Crippen molar-refractivity contribution in [1.29, 1.82) is 0 Å². The van der Waals surface area contributed by atoms with E-state index in [1.54, 1.807) is 11.3 Å². The van der Waals surface area contributed by atoms with Crippen molar-refractivity contribution in [2.45, 2.75) is 0 Å². The summed E-state index contributed by atoms with van der Waals surface area (Å²) in [7, 11) is 0. The lowest BCUT2D eigenvalue weighted by atomic mass is 9.98. The molecule has 0 N–H and O–H groups in total. The fraction of sp³-hybridized carbons (Fsp3) is 0. The number of para-hydroxylation sites is 1. The summed E-state index contributed by atoms with van der Waals surface area (Å²) >= 11 is 1.61. The number of hydrogen-bond acceptors (Lipinski definition) is 6. The number of aromatic nitrogens is 3. The molecule has 6 heteroatoms. The van der Waals surface area contributed by atoms with Crippen LogP contribution in [0, 0.1) is 0 Å². The van der Waals surface area contributed by atoms with E-state index in [1.807, 2.05) is 127 Å². The molecule has 12 aromatic rings. The van der Waals surface area contributed by atoms with Crippen molar-refractivity contribution in [2.24, 2.45) is 0 Å². The molecule has 12 rings (SSSR count). The van der Waals surface area contributed by atoms with Crippen molar-refractivity contribution >= 4 is 75.4 Å². The van der Waals surface area contributed by atoms with E-state index in [4.69, 9.17) is 26.5 Å². The smallest absolute Gasteiger partial charge is 0.164 e. The number of hydrogen-bond donors (Lipinski definition) is 0.